The van der Waals surface area contributed by atoms with Crippen LogP contribution < -0.4 is 0 Å². The van der Waals surface area contributed by atoms with E-state index in [4.69, 9.17) is 5.41 Å². The third-order valence-electron chi connectivity index (χ3n) is 2.19. The first-order valence-electron chi connectivity index (χ1n) is 12.5. The lowest BCUT2D eigenvalue weighted by molar-refractivity contribution is 0.480. The van der Waals surface area contributed by atoms with Crippen molar-refractivity contribution in [2.75, 3.05) is 0 Å². The van der Waals surface area contributed by atoms with Crippen molar-refractivity contribution in [1.82, 2.24) is 0 Å². The van der Waals surface area contributed by atoms with Gasteiger partial charge in [0.15, 0.2) is 0 Å². The molecule has 28 heavy (non-hydrogen) atoms. The normalized spacial score (nSPS) is 6.79. The van der Waals surface area contributed by atoms with Crippen LogP contribution in [0.2, 0.25) is 0 Å². The third kappa shape index (κ3) is 214. The molecular formula is C27H67N. The summed E-state index contributed by atoms with van der Waals surface area (Å²) in [5.74, 6) is 0.963. The molecule has 0 aromatic carbocycles. The van der Waals surface area contributed by atoms with Crippen LogP contribution in [0.4, 0.5) is 0 Å². The Bertz CT molecular complexity index is 173. The molecule has 0 aromatic rings. The van der Waals surface area contributed by atoms with Crippen molar-refractivity contribution >= 4 is 5.71 Å². The lowest BCUT2D eigenvalue weighted by Crippen LogP contribution is -1.91. The number of nitrogens with one attached hydrogen (secondary N) is 1. The van der Waals surface area contributed by atoms with Gasteiger partial charge in [0.25, 0.3) is 0 Å². The fraction of sp³-hybridized carbons (Fsp3) is 0.889. The lowest BCUT2D eigenvalue weighted by atomic mass is 10.0. The number of hydrogen-bond donors (Lipinski definition) is 1. The summed E-state index contributed by atoms with van der Waals surface area (Å²) in [5.41, 5.74) is 1.96. The smallest absolute Gasteiger partial charge is 0.00581 e. The van der Waals surface area contributed by atoms with E-state index in [0.29, 0.717) is 0 Å². The first-order valence-corrected chi connectivity index (χ1v) is 12.5. The summed E-state index contributed by atoms with van der Waals surface area (Å²) < 4.78 is 0. The van der Waals surface area contributed by atoms with Gasteiger partial charge in [0.1, 0.15) is 0 Å². The van der Waals surface area contributed by atoms with E-state index in [1.807, 2.05) is 90.0 Å². The maximum Gasteiger partial charge on any atom is 0.00581 e. The van der Waals surface area contributed by atoms with Gasteiger partial charge in [-0.3, -0.25) is 0 Å². The second-order valence-electron chi connectivity index (χ2n) is 5.42. The molecule has 0 fully saturated rings. The minimum atomic E-state index is 0.789. The Hall–Kier alpha value is -0.590. The van der Waals surface area contributed by atoms with Gasteiger partial charge in [0, 0.05) is 5.71 Å². The van der Waals surface area contributed by atoms with Crippen molar-refractivity contribution in [2.45, 2.75) is 156 Å². The molecule has 1 nitrogen and oxygen atoms in total. The van der Waals surface area contributed by atoms with Crippen molar-refractivity contribution in [3.8, 4) is 0 Å². The number of rotatable bonds is 6. The Morgan fingerprint density at radius 1 is 0.643 bits per heavy atom. The summed E-state index contributed by atoms with van der Waals surface area (Å²) in [5, 5.41) is 6.89. The Kier molecular flexibility index (Phi) is 149. The summed E-state index contributed by atoms with van der Waals surface area (Å²) in [4.78, 5) is 0. The highest BCUT2D eigenvalue weighted by Gasteiger charge is 1.95. The quantitative estimate of drug-likeness (QED) is 0.335. The van der Waals surface area contributed by atoms with E-state index < -0.39 is 0 Å². The molecule has 0 saturated heterocycles. The van der Waals surface area contributed by atoms with Gasteiger partial charge < -0.3 is 5.41 Å². The predicted molar refractivity (Wildman–Crippen MR) is 145 cm³/mol. The molecule has 0 saturated carbocycles. The van der Waals surface area contributed by atoms with E-state index in [1.54, 1.807) is 0 Å². The minimum Gasteiger partial charge on any atom is -0.310 e. The number of hydrogen-bond acceptors (Lipinski definition) is 1. The molecule has 0 aliphatic carbocycles. The zero-order valence-electron chi connectivity index (χ0n) is 24.0. The van der Waals surface area contributed by atoms with Crippen LogP contribution in [0.5, 0.6) is 0 Å². The molecular weight excluding hydrogens is 338 g/mol. The van der Waals surface area contributed by atoms with E-state index >= 15 is 0 Å². The van der Waals surface area contributed by atoms with Crippen molar-refractivity contribution in [3.05, 3.63) is 12.2 Å². The summed E-state index contributed by atoms with van der Waals surface area (Å²) in [6.45, 7) is 38.3. The molecule has 0 aliphatic heterocycles. The van der Waals surface area contributed by atoms with Crippen LogP contribution >= 0.6 is 0 Å². The molecule has 0 bridgehead atoms. The van der Waals surface area contributed by atoms with Crippen LogP contribution in [0.3, 0.4) is 0 Å². The maximum atomic E-state index is 6.89. The summed E-state index contributed by atoms with van der Waals surface area (Å²) >= 11 is 0. The standard InChI is InChI=1S/C8H18.C5H11N.C4H8.5C2H6/c1-4-6-8(3)7-5-2;1-3-4-5(2)6;1-4(2)3;5*1-2/h8H,4-7H2,1-3H3;6H,3-4H2,1-2H3;1H2,2-3H3;5*1-2H3. The van der Waals surface area contributed by atoms with E-state index in [1.165, 1.54) is 31.3 Å². The van der Waals surface area contributed by atoms with Crippen LogP contribution in [0.15, 0.2) is 12.2 Å². The lowest BCUT2D eigenvalue weighted by Gasteiger charge is -2.05. The molecule has 0 unspecified atom stereocenters. The summed E-state index contributed by atoms with van der Waals surface area (Å²) in [6, 6.07) is 0. The van der Waals surface area contributed by atoms with Gasteiger partial charge in [-0.15, -0.1) is 6.58 Å². The molecule has 0 aromatic heterocycles. The highest BCUT2D eigenvalue weighted by molar-refractivity contribution is 5.78. The van der Waals surface area contributed by atoms with Gasteiger partial charge in [-0.25, -0.2) is 0 Å². The summed E-state index contributed by atoms with van der Waals surface area (Å²) in [7, 11) is 0. The molecule has 0 amide bonds. The third-order valence-corrected chi connectivity index (χ3v) is 2.19. The predicted octanol–water partition coefficient (Wildman–Crippen LogP) is 11.8. The molecule has 0 atom stereocenters. The molecule has 1 N–H and O–H groups in total. The SMILES string of the molecule is C=C(C)C.CC.CC.CC.CC.CC.CCCC(C)=N.CCCC(C)CCC. The molecule has 180 valence electrons. The second-order valence-corrected chi connectivity index (χ2v) is 5.42. The average Bonchev–Trinajstić information content (AvgIpc) is 2.70. The largest absolute Gasteiger partial charge is 0.310 e. The van der Waals surface area contributed by atoms with Gasteiger partial charge in [0.2, 0.25) is 0 Å². The van der Waals surface area contributed by atoms with E-state index in [2.05, 4.69) is 34.3 Å². The summed E-state index contributed by atoms with van der Waals surface area (Å²) in [6.07, 6.45) is 7.58. The topological polar surface area (TPSA) is 23.9 Å². The van der Waals surface area contributed by atoms with Gasteiger partial charge in [0.05, 0.1) is 0 Å². The molecule has 0 spiro atoms. The maximum absolute atomic E-state index is 6.89. The van der Waals surface area contributed by atoms with E-state index in [-0.39, 0.29) is 0 Å². The Morgan fingerprint density at radius 3 is 0.929 bits per heavy atom. The monoisotopic (exact) mass is 406 g/mol. The highest BCUT2D eigenvalue weighted by Crippen LogP contribution is 2.10. The number of allylic oxidation sites excluding steroid dienone is 1. The first-order chi connectivity index (χ1) is 13.3. The zero-order valence-corrected chi connectivity index (χ0v) is 24.0. The van der Waals surface area contributed by atoms with Crippen LogP contribution in [-0.4, -0.2) is 5.71 Å². The van der Waals surface area contributed by atoms with Gasteiger partial charge in [-0.2, -0.15) is 0 Å². The van der Waals surface area contributed by atoms with Crippen molar-refractivity contribution in [1.29, 1.82) is 5.41 Å². The molecule has 0 radical (unpaired) electrons. The average molecular weight is 406 g/mol. The fourth-order valence-corrected chi connectivity index (χ4v) is 1.50. The minimum absolute atomic E-state index is 0.789. The molecule has 0 heterocycles. The molecule has 1 heteroatoms. The Balaban J connectivity index is -0.0000000298. The second kappa shape index (κ2) is 82.1. The highest BCUT2D eigenvalue weighted by atomic mass is 14.4. The van der Waals surface area contributed by atoms with Crippen molar-refractivity contribution < 1.29 is 0 Å². The Morgan fingerprint density at radius 2 is 0.857 bits per heavy atom. The zero-order chi connectivity index (χ0) is 25.0. The van der Waals surface area contributed by atoms with Gasteiger partial charge in [-0.1, -0.05) is 135 Å². The van der Waals surface area contributed by atoms with Crippen LogP contribution in [0, 0.1) is 11.3 Å². The van der Waals surface area contributed by atoms with Crippen LogP contribution in [0.25, 0.3) is 0 Å². The fourth-order valence-electron chi connectivity index (χ4n) is 1.50. The van der Waals surface area contributed by atoms with Gasteiger partial charge in [-0.05, 0) is 33.1 Å². The van der Waals surface area contributed by atoms with Crippen molar-refractivity contribution in [3.63, 3.8) is 0 Å². The van der Waals surface area contributed by atoms with Gasteiger partial charge >= 0.3 is 0 Å². The Labute approximate surface area is 185 Å². The van der Waals surface area contributed by atoms with Crippen LogP contribution in [0.1, 0.15) is 156 Å². The van der Waals surface area contributed by atoms with E-state index in [0.717, 1.165) is 24.5 Å². The molecule has 0 aliphatic rings. The molecule has 0 rings (SSSR count). The van der Waals surface area contributed by atoms with Crippen molar-refractivity contribution in [2.24, 2.45) is 5.92 Å². The van der Waals surface area contributed by atoms with E-state index in [9.17, 15) is 0 Å². The first kappa shape index (κ1) is 50.7. The van der Waals surface area contributed by atoms with Crippen LogP contribution in [-0.2, 0) is 0 Å².